The zero-order chi connectivity index (χ0) is 26.9. The molecule has 0 N–H and O–H groups in total. The van der Waals surface area contributed by atoms with E-state index in [4.69, 9.17) is 0 Å². The molecule has 2 fully saturated rings. The Morgan fingerprint density at radius 1 is 0.921 bits per heavy atom. The fraction of sp³-hybridized carbons (Fsp3) is 0.452. The number of carbonyl (C=O) groups excluding carboxylic acids is 1. The van der Waals surface area contributed by atoms with Crippen LogP contribution >= 0.6 is 15.9 Å². The van der Waals surface area contributed by atoms with Crippen molar-refractivity contribution in [2.45, 2.75) is 65.0 Å². The van der Waals surface area contributed by atoms with E-state index in [1.54, 1.807) is 0 Å². The van der Waals surface area contributed by atoms with Gasteiger partial charge in [0.2, 0.25) is 0 Å². The first kappa shape index (κ1) is 26.8. The van der Waals surface area contributed by atoms with Crippen molar-refractivity contribution < 1.29 is 4.79 Å². The first-order valence-electron chi connectivity index (χ1n) is 13.7. The van der Waals surface area contributed by atoms with E-state index in [0.29, 0.717) is 11.6 Å². The molecule has 0 saturated carbocycles. The minimum atomic E-state index is 0.0738. The number of anilines is 2. The van der Waals surface area contributed by atoms with Crippen molar-refractivity contribution in [1.82, 2.24) is 19.8 Å². The number of amides is 1. The van der Waals surface area contributed by atoms with E-state index < -0.39 is 0 Å². The quantitative estimate of drug-likeness (QED) is 0.349. The van der Waals surface area contributed by atoms with Gasteiger partial charge in [-0.2, -0.15) is 0 Å². The Kier molecular flexibility index (Phi) is 7.87. The minimum absolute atomic E-state index is 0.0738. The van der Waals surface area contributed by atoms with Gasteiger partial charge in [-0.05, 0) is 89.3 Å². The number of likely N-dealkylation sites (tertiary alicyclic amines) is 2. The molecule has 200 valence electrons. The Hall–Kier alpha value is -2.77. The molecule has 3 aromatic rings. The molecule has 1 amide bonds. The second-order valence-corrected chi connectivity index (χ2v) is 11.9. The van der Waals surface area contributed by atoms with Gasteiger partial charge in [-0.1, -0.05) is 34.1 Å². The van der Waals surface area contributed by atoms with Gasteiger partial charge in [0.25, 0.3) is 5.91 Å². The summed E-state index contributed by atoms with van der Waals surface area (Å²) in [4.78, 5) is 29.0. The molecule has 3 heterocycles. The average molecular weight is 577 g/mol. The number of halogens is 1. The lowest BCUT2D eigenvalue weighted by Crippen LogP contribution is -2.58. The van der Waals surface area contributed by atoms with Crippen molar-refractivity contribution in [1.29, 1.82) is 0 Å². The van der Waals surface area contributed by atoms with Crippen LogP contribution in [0.2, 0.25) is 0 Å². The second-order valence-electron chi connectivity index (χ2n) is 11.1. The summed E-state index contributed by atoms with van der Waals surface area (Å²) in [6.45, 7) is 12.0. The van der Waals surface area contributed by atoms with Crippen molar-refractivity contribution in [2.24, 2.45) is 0 Å². The van der Waals surface area contributed by atoms with Gasteiger partial charge in [-0.15, -0.1) is 0 Å². The smallest absolute Gasteiger partial charge is 0.257 e. The van der Waals surface area contributed by atoms with Crippen LogP contribution in [0, 0.1) is 20.8 Å². The maximum absolute atomic E-state index is 13.3. The minimum Gasteiger partial charge on any atom is -0.338 e. The molecule has 1 aromatic heterocycles. The van der Waals surface area contributed by atoms with Crippen molar-refractivity contribution in [3.8, 4) is 0 Å². The number of benzene rings is 2. The van der Waals surface area contributed by atoms with Gasteiger partial charge in [0.15, 0.2) is 0 Å². The molecule has 0 unspecified atom stereocenters. The Morgan fingerprint density at radius 2 is 1.55 bits per heavy atom. The third-order valence-corrected chi connectivity index (χ3v) is 9.50. The molecule has 2 aromatic carbocycles. The molecule has 6 nitrogen and oxygen atoms in total. The molecule has 0 radical (unpaired) electrons. The van der Waals surface area contributed by atoms with Gasteiger partial charge < -0.3 is 9.80 Å². The van der Waals surface area contributed by atoms with Crippen LogP contribution in [0.25, 0.3) is 0 Å². The van der Waals surface area contributed by atoms with Crippen LogP contribution in [0.15, 0.2) is 59.3 Å². The van der Waals surface area contributed by atoms with E-state index in [1.807, 2.05) is 18.7 Å². The molecular weight excluding hydrogens is 538 g/mol. The van der Waals surface area contributed by atoms with E-state index >= 15 is 0 Å². The third kappa shape index (κ3) is 5.36. The van der Waals surface area contributed by atoms with E-state index in [2.05, 4.69) is 98.1 Å². The average Bonchev–Trinajstić information content (AvgIpc) is 2.92. The lowest BCUT2D eigenvalue weighted by atomic mass is 9.85. The number of para-hydroxylation sites is 1. The predicted octanol–water partition coefficient (Wildman–Crippen LogP) is 6.46. The number of nitrogens with zero attached hydrogens (tertiary/aromatic N) is 5. The largest absolute Gasteiger partial charge is 0.338 e. The highest BCUT2D eigenvalue weighted by Crippen LogP contribution is 2.37. The number of hydrogen-bond acceptors (Lipinski definition) is 5. The fourth-order valence-electron chi connectivity index (χ4n) is 6.17. The number of piperidine rings is 2. The summed E-state index contributed by atoms with van der Waals surface area (Å²) in [6, 6.07) is 17.9. The molecule has 5 rings (SSSR count). The lowest BCUT2D eigenvalue weighted by Gasteiger charge is -2.50. The number of aryl methyl sites for hydroxylation is 3. The van der Waals surface area contributed by atoms with Gasteiger partial charge in [-0.25, -0.2) is 9.97 Å². The zero-order valence-corrected chi connectivity index (χ0v) is 24.5. The number of hydrogen-bond donors (Lipinski definition) is 0. The standard InChI is InChI=1S/C31H38BrN5O/c1-22-20-27(10-11-28(22)32)37(25-8-6-5-7-9-25)26-12-16-36(17-13-26)31(4)14-18-35(19-15-31)30(38)29-23(2)33-21-34-24(29)3/h5-11,20-21,26H,12-19H2,1-4H3. The lowest BCUT2D eigenvalue weighted by molar-refractivity contribution is 0.0176. The van der Waals surface area contributed by atoms with Gasteiger partial charge in [0, 0.05) is 53.6 Å². The Morgan fingerprint density at radius 3 is 2.16 bits per heavy atom. The SMILES string of the molecule is Cc1cc(N(c2ccccc2)C2CCN(C3(C)CCN(C(=O)c4c(C)ncnc4C)CC3)CC2)ccc1Br. The maximum atomic E-state index is 13.3. The summed E-state index contributed by atoms with van der Waals surface area (Å²) >= 11 is 3.67. The molecule has 0 atom stereocenters. The number of rotatable bonds is 5. The highest BCUT2D eigenvalue weighted by molar-refractivity contribution is 9.10. The number of aromatic nitrogens is 2. The highest BCUT2D eigenvalue weighted by atomic mass is 79.9. The van der Waals surface area contributed by atoms with Crippen LogP contribution in [0.4, 0.5) is 11.4 Å². The van der Waals surface area contributed by atoms with Crippen LogP contribution in [0.1, 0.15) is 59.9 Å². The normalized spacial score (nSPS) is 18.4. The van der Waals surface area contributed by atoms with Crippen molar-refractivity contribution in [3.63, 3.8) is 0 Å². The molecule has 2 aliphatic rings. The van der Waals surface area contributed by atoms with Crippen LogP contribution < -0.4 is 4.90 Å². The summed E-state index contributed by atoms with van der Waals surface area (Å²) in [5.74, 6) is 0.0738. The Bertz CT molecular complexity index is 1260. The van der Waals surface area contributed by atoms with Crippen molar-refractivity contribution in [3.05, 3.63) is 81.8 Å². The van der Waals surface area contributed by atoms with Crippen LogP contribution in [0.5, 0.6) is 0 Å². The molecule has 38 heavy (non-hydrogen) atoms. The van der Waals surface area contributed by atoms with Gasteiger partial charge in [0.05, 0.1) is 17.0 Å². The molecule has 0 spiro atoms. The molecule has 0 aliphatic carbocycles. The molecule has 2 saturated heterocycles. The van der Waals surface area contributed by atoms with Gasteiger partial charge in [-0.3, -0.25) is 9.69 Å². The third-order valence-electron chi connectivity index (χ3n) is 8.62. The molecular formula is C31H38BrN5O. The van der Waals surface area contributed by atoms with Crippen LogP contribution in [-0.4, -0.2) is 63.4 Å². The highest BCUT2D eigenvalue weighted by Gasteiger charge is 2.40. The Labute approximate surface area is 235 Å². The monoisotopic (exact) mass is 575 g/mol. The molecule has 2 aliphatic heterocycles. The Balaban J connectivity index is 1.26. The molecule has 7 heteroatoms. The topological polar surface area (TPSA) is 52.6 Å². The van der Waals surface area contributed by atoms with E-state index in [0.717, 1.165) is 67.7 Å². The first-order chi connectivity index (χ1) is 18.3. The maximum Gasteiger partial charge on any atom is 0.257 e. The van der Waals surface area contributed by atoms with E-state index in [-0.39, 0.29) is 11.4 Å². The van der Waals surface area contributed by atoms with Crippen molar-refractivity contribution >= 4 is 33.2 Å². The number of carbonyl (C=O) groups is 1. The van der Waals surface area contributed by atoms with Crippen molar-refractivity contribution in [2.75, 3.05) is 31.1 Å². The summed E-state index contributed by atoms with van der Waals surface area (Å²) in [7, 11) is 0. The predicted molar refractivity (Wildman–Crippen MR) is 157 cm³/mol. The fourth-order valence-corrected chi connectivity index (χ4v) is 6.42. The van der Waals surface area contributed by atoms with Gasteiger partial charge in [0.1, 0.15) is 6.33 Å². The van der Waals surface area contributed by atoms with E-state index in [9.17, 15) is 4.79 Å². The first-order valence-corrected chi connectivity index (χ1v) is 14.5. The van der Waals surface area contributed by atoms with E-state index in [1.165, 1.54) is 23.3 Å². The second kappa shape index (κ2) is 11.1. The van der Waals surface area contributed by atoms with Crippen LogP contribution in [0.3, 0.4) is 0 Å². The zero-order valence-electron chi connectivity index (χ0n) is 23.0. The summed E-state index contributed by atoms with van der Waals surface area (Å²) < 4.78 is 1.15. The van der Waals surface area contributed by atoms with Gasteiger partial charge >= 0.3 is 0 Å². The summed E-state index contributed by atoms with van der Waals surface area (Å²) in [6.07, 6.45) is 5.74. The molecule has 0 bridgehead atoms. The summed E-state index contributed by atoms with van der Waals surface area (Å²) in [5.41, 5.74) is 6.07. The summed E-state index contributed by atoms with van der Waals surface area (Å²) in [5, 5.41) is 0. The van der Waals surface area contributed by atoms with Crippen LogP contribution in [-0.2, 0) is 0 Å².